The number of thiophene rings is 1. The van der Waals surface area contributed by atoms with Gasteiger partial charge >= 0.3 is 0 Å². The Morgan fingerprint density at radius 1 is 1.69 bits per heavy atom. The zero-order valence-corrected chi connectivity index (χ0v) is 10.2. The highest BCUT2D eigenvalue weighted by Gasteiger charge is 2.05. The molecule has 1 heterocycles. The van der Waals surface area contributed by atoms with Crippen molar-refractivity contribution in [1.29, 1.82) is 0 Å². The van der Waals surface area contributed by atoms with E-state index in [1.165, 1.54) is 11.3 Å². The number of hydrogen-bond donors (Lipinski definition) is 3. The van der Waals surface area contributed by atoms with Crippen molar-refractivity contribution in [3.8, 4) is 0 Å². The van der Waals surface area contributed by atoms with Crippen LogP contribution in [0.15, 0.2) is 11.4 Å². The Hall–Kier alpha value is -0.910. The Morgan fingerprint density at radius 2 is 2.44 bits per heavy atom. The number of nitrogens with one attached hydrogen (secondary N) is 1. The summed E-state index contributed by atoms with van der Waals surface area (Å²) in [7, 11) is 0. The highest BCUT2D eigenvalue weighted by Crippen LogP contribution is 2.13. The van der Waals surface area contributed by atoms with E-state index in [1.54, 1.807) is 11.4 Å². The van der Waals surface area contributed by atoms with Gasteiger partial charge in [0.2, 0.25) is 5.91 Å². The molecule has 0 saturated carbocycles. The summed E-state index contributed by atoms with van der Waals surface area (Å²) in [6.45, 7) is 3.29. The number of nitrogens with two attached hydrogens (primary N) is 1. The lowest BCUT2D eigenvalue weighted by Crippen LogP contribution is -2.25. The van der Waals surface area contributed by atoms with E-state index in [-0.39, 0.29) is 6.10 Å². The van der Waals surface area contributed by atoms with Crippen LogP contribution >= 0.6 is 11.3 Å². The van der Waals surface area contributed by atoms with Crippen molar-refractivity contribution in [2.75, 3.05) is 6.54 Å². The molecule has 0 bridgehead atoms. The second-order valence-electron chi connectivity index (χ2n) is 3.74. The Balaban J connectivity index is 2.29. The molecule has 4 nitrogen and oxygen atoms in total. The van der Waals surface area contributed by atoms with Crippen molar-refractivity contribution in [3.63, 3.8) is 0 Å². The lowest BCUT2D eigenvalue weighted by Gasteiger charge is -2.09. The maximum atomic E-state index is 10.8. The van der Waals surface area contributed by atoms with Gasteiger partial charge in [-0.1, -0.05) is 13.3 Å². The van der Waals surface area contributed by atoms with Crippen LogP contribution in [0.2, 0.25) is 0 Å². The lowest BCUT2D eigenvalue weighted by atomic mass is 10.2. The third kappa shape index (κ3) is 4.30. The van der Waals surface area contributed by atoms with Gasteiger partial charge in [-0.2, -0.15) is 0 Å². The van der Waals surface area contributed by atoms with E-state index in [9.17, 15) is 9.90 Å². The van der Waals surface area contributed by atoms with Crippen LogP contribution in [0, 0.1) is 0 Å². The summed E-state index contributed by atoms with van der Waals surface area (Å²) in [4.78, 5) is 11.9. The van der Waals surface area contributed by atoms with Crippen LogP contribution in [-0.4, -0.2) is 23.7 Å². The molecular formula is C11H18N2O2S. The minimum atomic E-state index is -0.395. The number of hydrogen-bond acceptors (Lipinski definition) is 4. The van der Waals surface area contributed by atoms with Crippen LogP contribution < -0.4 is 11.1 Å². The third-order valence-corrected chi connectivity index (χ3v) is 3.18. The fraction of sp³-hybridized carbons (Fsp3) is 0.545. The molecule has 0 aliphatic carbocycles. The van der Waals surface area contributed by atoms with Gasteiger partial charge in [0.25, 0.3) is 0 Å². The van der Waals surface area contributed by atoms with Gasteiger partial charge in [0.1, 0.15) is 0 Å². The lowest BCUT2D eigenvalue weighted by molar-refractivity contribution is 0.100. The molecule has 1 aromatic rings. The molecule has 4 N–H and O–H groups in total. The molecule has 1 atom stereocenters. The van der Waals surface area contributed by atoms with Gasteiger partial charge < -0.3 is 16.2 Å². The largest absolute Gasteiger partial charge is 0.392 e. The standard InChI is InChI=1S/C11H18N2O2S/c1-2-3-9(14)5-13-6-10-4-8(7-16-10)11(12)15/h4,7,9,13-14H,2-3,5-6H2,1H3,(H2,12,15). The molecule has 90 valence electrons. The molecule has 1 aromatic heterocycles. The van der Waals surface area contributed by atoms with Gasteiger partial charge in [-0.15, -0.1) is 11.3 Å². The van der Waals surface area contributed by atoms with Crippen molar-refractivity contribution >= 4 is 17.2 Å². The average molecular weight is 242 g/mol. The topological polar surface area (TPSA) is 75.3 Å². The molecule has 0 aliphatic rings. The molecule has 0 aliphatic heterocycles. The molecule has 0 spiro atoms. The summed E-state index contributed by atoms with van der Waals surface area (Å²) in [5, 5.41) is 14.4. The molecule has 1 rings (SSSR count). The molecule has 0 radical (unpaired) electrons. The predicted molar refractivity (Wildman–Crippen MR) is 65.5 cm³/mol. The number of amides is 1. The number of aliphatic hydroxyl groups is 1. The molecular weight excluding hydrogens is 224 g/mol. The molecule has 1 unspecified atom stereocenters. The Kier molecular flexibility index (Phi) is 5.45. The quantitative estimate of drug-likeness (QED) is 0.670. The maximum Gasteiger partial charge on any atom is 0.249 e. The van der Waals surface area contributed by atoms with Crippen LogP contribution in [0.5, 0.6) is 0 Å². The molecule has 5 heteroatoms. The Morgan fingerprint density at radius 3 is 3.00 bits per heavy atom. The first kappa shape index (κ1) is 13.2. The third-order valence-electron chi connectivity index (χ3n) is 2.24. The van der Waals surface area contributed by atoms with E-state index < -0.39 is 5.91 Å². The van der Waals surface area contributed by atoms with E-state index in [2.05, 4.69) is 5.32 Å². The van der Waals surface area contributed by atoms with E-state index in [4.69, 9.17) is 5.73 Å². The van der Waals surface area contributed by atoms with Crippen molar-refractivity contribution < 1.29 is 9.90 Å². The molecule has 16 heavy (non-hydrogen) atoms. The first-order valence-corrected chi connectivity index (χ1v) is 6.27. The first-order chi connectivity index (χ1) is 7.63. The normalized spacial score (nSPS) is 12.6. The van der Waals surface area contributed by atoms with Gasteiger partial charge in [0.15, 0.2) is 0 Å². The van der Waals surface area contributed by atoms with Crippen molar-refractivity contribution in [2.45, 2.75) is 32.4 Å². The second kappa shape index (κ2) is 6.62. The highest BCUT2D eigenvalue weighted by molar-refractivity contribution is 7.10. The van der Waals surface area contributed by atoms with Crippen LogP contribution in [0.25, 0.3) is 0 Å². The maximum absolute atomic E-state index is 10.8. The van der Waals surface area contributed by atoms with Crippen LogP contribution in [0.1, 0.15) is 35.0 Å². The van der Waals surface area contributed by atoms with Crippen LogP contribution in [0.3, 0.4) is 0 Å². The number of carbonyl (C=O) groups is 1. The highest BCUT2D eigenvalue weighted by atomic mass is 32.1. The Labute approximate surface area is 99.5 Å². The number of primary amides is 1. The minimum absolute atomic E-state index is 0.291. The van der Waals surface area contributed by atoms with Crippen molar-refractivity contribution in [2.24, 2.45) is 5.73 Å². The van der Waals surface area contributed by atoms with Crippen LogP contribution in [0.4, 0.5) is 0 Å². The van der Waals surface area contributed by atoms with E-state index in [0.29, 0.717) is 18.7 Å². The van der Waals surface area contributed by atoms with Crippen LogP contribution in [-0.2, 0) is 6.54 Å². The minimum Gasteiger partial charge on any atom is -0.392 e. The molecule has 0 aromatic carbocycles. The fourth-order valence-corrected chi connectivity index (χ4v) is 2.24. The SMILES string of the molecule is CCCC(O)CNCc1cc(C(N)=O)cs1. The fourth-order valence-electron chi connectivity index (χ4n) is 1.40. The number of carbonyl (C=O) groups excluding carboxylic acids is 1. The van der Waals surface area contributed by atoms with Gasteiger partial charge in [-0.25, -0.2) is 0 Å². The summed E-state index contributed by atoms with van der Waals surface area (Å²) in [6, 6.07) is 1.78. The zero-order valence-electron chi connectivity index (χ0n) is 9.40. The summed E-state index contributed by atoms with van der Waals surface area (Å²) >= 11 is 1.50. The first-order valence-electron chi connectivity index (χ1n) is 5.39. The van der Waals surface area contributed by atoms with E-state index >= 15 is 0 Å². The predicted octanol–water partition coefficient (Wildman–Crippen LogP) is 1.10. The summed E-state index contributed by atoms with van der Waals surface area (Å²) in [5.41, 5.74) is 5.70. The molecule has 1 amide bonds. The number of rotatable bonds is 7. The van der Waals surface area contributed by atoms with Gasteiger partial charge in [0.05, 0.1) is 11.7 Å². The smallest absolute Gasteiger partial charge is 0.249 e. The molecule has 0 saturated heterocycles. The summed E-state index contributed by atoms with van der Waals surface area (Å²) in [5.74, 6) is -0.395. The van der Waals surface area contributed by atoms with Gasteiger partial charge in [-0.3, -0.25) is 4.79 Å². The van der Waals surface area contributed by atoms with E-state index in [1.807, 2.05) is 6.92 Å². The second-order valence-corrected chi connectivity index (χ2v) is 4.74. The summed E-state index contributed by atoms with van der Waals surface area (Å²) in [6.07, 6.45) is 1.50. The number of aliphatic hydroxyl groups excluding tert-OH is 1. The average Bonchev–Trinajstić information content (AvgIpc) is 2.67. The zero-order chi connectivity index (χ0) is 12.0. The van der Waals surface area contributed by atoms with Gasteiger partial charge in [0, 0.05) is 23.3 Å². The van der Waals surface area contributed by atoms with Crippen molar-refractivity contribution in [1.82, 2.24) is 5.32 Å². The van der Waals surface area contributed by atoms with Crippen molar-refractivity contribution in [3.05, 3.63) is 21.9 Å². The van der Waals surface area contributed by atoms with Gasteiger partial charge in [-0.05, 0) is 12.5 Å². The van der Waals surface area contributed by atoms with E-state index in [0.717, 1.165) is 17.7 Å². The molecule has 0 fully saturated rings. The Bertz CT molecular complexity index is 338. The monoisotopic (exact) mass is 242 g/mol. The summed E-state index contributed by atoms with van der Waals surface area (Å²) < 4.78 is 0.